The zero-order valence-corrected chi connectivity index (χ0v) is 7.33. The van der Waals surface area contributed by atoms with Crippen molar-refractivity contribution in [2.75, 3.05) is 0 Å². The van der Waals surface area contributed by atoms with Crippen molar-refractivity contribution in [3.8, 4) is 6.07 Å². The van der Waals surface area contributed by atoms with Crippen molar-refractivity contribution >= 4 is 0 Å². The predicted molar refractivity (Wildman–Crippen MR) is 44.5 cm³/mol. The maximum absolute atomic E-state index is 8.94. The Labute approximate surface area is 71.6 Å². The standard InChI is InChI=1S/C9H11N3/c1-7-5-12(2)11-8(7)9(6-10)3-4-9/h5H,3-4H2,1-2H3. The van der Waals surface area contributed by atoms with Crippen LogP contribution >= 0.6 is 0 Å². The molecule has 0 atom stereocenters. The van der Waals surface area contributed by atoms with E-state index >= 15 is 0 Å². The highest BCUT2D eigenvalue weighted by molar-refractivity contribution is 5.37. The summed E-state index contributed by atoms with van der Waals surface area (Å²) >= 11 is 0. The van der Waals surface area contributed by atoms with Gasteiger partial charge in [-0.25, -0.2) is 0 Å². The highest BCUT2D eigenvalue weighted by Gasteiger charge is 2.47. The van der Waals surface area contributed by atoms with Gasteiger partial charge in [-0.05, 0) is 25.3 Å². The Hall–Kier alpha value is -1.30. The third-order valence-corrected chi connectivity index (χ3v) is 2.43. The minimum absolute atomic E-state index is 0.231. The molecule has 0 aliphatic heterocycles. The lowest BCUT2D eigenvalue weighted by Crippen LogP contribution is -2.05. The van der Waals surface area contributed by atoms with Crippen LogP contribution in [0.25, 0.3) is 0 Å². The topological polar surface area (TPSA) is 41.6 Å². The number of aryl methyl sites for hydroxylation is 2. The molecule has 0 saturated heterocycles. The number of rotatable bonds is 1. The lowest BCUT2D eigenvalue weighted by atomic mass is 10.0. The van der Waals surface area contributed by atoms with E-state index in [1.54, 1.807) is 4.68 Å². The fourth-order valence-electron chi connectivity index (χ4n) is 1.61. The highest BCUT2D eigenvalue weighted by atomic mass is 15.3. The molecule has 0 unspecified atom stereocenters. The molecule has 1 aliphatic carbocycles. The molecule has 0 bridgehead atoms. The van der Waals surface area contributed by atoms with Crippen LogP contribution in [0.1, 0.15) is 24.1 Å². The van der Waals surface area contributed by atoms with E-state index in [4.69, 9.17) is 5.26 Å². The smallest absolute Gasteiger partial charge is 0.102 e. The van der Waals surface area contributed by atoms with Gasteiger partial charge in [-0.1, -0.05) is 0 Å². The van der Waals surface area contributed by atoms with Crippen LogP contribution in [-0.2, 0) is 12.5 Å². The Kier molecular flexibility index (Phi) is 1.29. The first kappa shape index (κ1) is 7.35. The molecule has 1 aromatic heterocycles. The molecule has 0 radical (unpaired) electrons. The van der Waals surface area contributed by atoms with E-state index in [0.717, 1.165) is 24.1 Å². The van der Waals surface area contributed by atoms with Gasteiger partial charge in [0.15, 0.2) is 0 Å². The molecule has 0 spiro atoms. The van der Waals surface area contributed by atoms with Crippen molar-refractivity contribution in [3.05, 3.63) is 17.5 Å². The molecule has 0 amide bonds. The summed E-state index contributed by atoms with van der Waals surface area (Å²) in [6.07, 6.45) is 3.91. The van der Waals surface area contributed by atoms with E-state index < -0.39 is 0 Å². The molecule has 1 fully saturated rings. The van der Waals surface area contributed by atoms with Gasteiger partial charge in [-0.2, -0.15) is 10.4 Å². The molecule has 3 nitrogen and oxygen atoms in total. The average molecular weight is 161 g/mol. The summed E-state index contributed by atoms with van der Waals surface area (Å²) in [5.41, 5.74) is 1.88. The van der Waals surface area contributed by atoms with Gasteiger partial charge in [-0.3, -0.25) is 4.68 Å². The molecule has 62 valence electrons. The molecule has 2 rings (SSSR count). The monoisotopic (exact) mass is 161 g/mol. The fourth-order valence-corrected chi connectivity index (χ4v) is 1.61. The van der Waals surface area contributed by atoms with Crippen molar-refractivity contribution in [1.29, 1.82) is 5.26 Å². The summed E-state index contributed by atoms with van der Waals surface area (Å²) in [6, 6.07) is 2.35. The molecule has 0 N–H and O–H groups in total. The van der Waals surface area contributed by atoms with Crippen LogP contribution in [0.5, 0.6) is 0 Å². The van der Waals surface area contributed by atoms with Gasteiger partial charge in [0, 0.05) is 13.2 Å². The maximum Gasteiger partial charge on any atom is 0.102 e. The van der Waals surface area contributed by atoms with Gasteiger partial charge in [-0.15, -0.1) is 0 Å². The van der Waals surface area contributed by atoms with Crippen molar-refractivity contribution in [3.63, 3.8) is 0 Å². The molecule has 1 saturated carbocycles. The van der Waals surface area contributed by atoms with Crippen molar-refractivity contribution < 1.29 is 0 Å². The predicted octanol–water partition coefficient (Wildman–Crippen LogP) is 1.28. The first-order chi connectivity index (χ1) is 5.68. The first-order valence-corrected chi connectivity index (χ1v) is 4.10. The zero-order chi connectivity index (χ0) is 8.77. The molecular formula is C9H11N3. The van der Waals surface area contributed by atoms with E-state index in [1.165, 1.54) is 0 Å². The summed E-state index contributed by atoms with van der Waals surface area (Å²) in [6.45, 7) is 2.01. The second-order valence-corrected chi connectivity index (χ2v) is 3.53. The Morgan fingerprint density at radius 1 is 1.67 bits per heavy atom. The van der Waals surface area contributed by atoms with Gasteiger partial charge >= 0.3 is 0 Å². The van der Waals surface area contributed by atoms with E-state index in [1.807, 2.05) is 20.2 Å². The third-order valence-electron chi connectivity index (χ3n) is 2.43. The van der Waals surface area contributed by atoms with Crippen molar-refractivity contribution in [2.24, 2.45) is 7.05 Å². The maximum atomic E-state index is 8.94. The van der Waals surface area contributed by atoms with Crippen LogP contribution in [0.2, 0.25) is 0 Å². The minimum atomic E-state index is -0.231. The van der Waals surface area contributed by atoms with Crippen molar-refractivity contribution in [2.45, 2.75) is 25.2 Å². The molecule has 1 aromatic rings. The largest absolute Gasteiger partial charge is 0.275 e. The zero-order valence-electron chi connectivity index (χ0n) is 7.33. The Morgan fingerprint density at radius 2 is 2.33 bits per heavy atom. The molecule has 1 aliphatic rings. The summed E-state index contributed by atoms with van der Waals surface area (Å²) in [5, 5.41) is 13.3. The van der Waals surface area contributed by atoms with Crippen LogP contribution in [0, 0.1) is 18.3 Å². The van der Waals surface area contributed by atoms with Crippen LogP contribution in [0.15, 0.2) is 6.20 Å². The molecular weight excluding hydrogens is 150 g/mol. The fraction of sp³-hybridized carbons (Fsp3) is 0.556. The molecule has 3 heteroatoms. The Bertz CT molecular complexity index is 352. The normalized spacial score (nSPS) is 18.8. The quantitative estimate of drug-likeness (QED) is 0.622. The average Bonchev–Trinajstić information content (AvgIpc) is 2.74. The van der Waals surface area contributed by atoms with Crippen LogP contribution in [0.3, 0.4) is 0 Å². The third kappa shape index (κ3) is 0.845. The van der Waals surface area contributed by atoms with Gasteiger partial charge < -0.3 is 0 Å². The van der Waals surface area contributed by atoms with Gasteiger partial charge in [0.1, 0.15) is 5.41 Å². The summed E-state index contributed by atoms with van der Waals surface area (Å²) in [4.78, 5) is 0. The van der Waals surface area contributed by atoms with E-state index in [-0.39, 0.29) is 5.41 Å². The number of nitriles is 1. The Balaban J connectivity index is 2.48. The van der Waals surface area contributed by atoms with Crippen LogP contribution in [-0.4, -0.2) is 9.78 Å². The Morgan fingerprint density at radius 3 is 2.67 bits per heavy atom. The van der Waals surface area contributed by atoms with Gasteiger partial charge in [0.2, 0.25) is 0 Å². The number of hydrogen-bond donors (Lipinski definition) is 0. The minimum Gasteiger partial charge on any atom is -0.275 e. The summed E-state index contributed by atoms with van der Waals surface area (Å²) in [7, 11) is 1.89. The van der Waals surface area contributed by atoms with Crippen LogP contribution < -0.4 is 0 Å². The van der Waals surface area contributed by atoms with E-state index in [0.29, 0.717) is 0 Å². The lowest BCUT2D eigenvalue weighted by Gasteiger charge is -2.00. The molecule has 1 heterocycles. The number of aromatic nitrogens is 2. The summed E-state index contributed by atoms with van der Waals surface area (Å²) in [5.74, 6) is 0. The highest BCUT2D eigenvalue weighted by Crippen LogP contribution is 2.47. The lowest BCUT2D eigenvalue weighted by molar-refractivity contribution is 0.718. The SMILES string of the molecule is Cc1cn(C)nc1C1(C#N)CC1. The first-order valence-electron chi connectivity index (χ1n) is 4.10. The molecule has 12 heavy (non-hydrogen) atoms. The number of nitrogens with zero attached hydrogens (tertiary/aromatic N) is 3. The van der Waals surface area contributed by atoms with Gasteiger partial charge in [0.05, 0.1) is 11.8 Å². The second kappa shape index (κ2) is 2.10. The summed E-state index contributed by atoms with van der Waals surface area (Å²) < 4.78 is 1.78. The van der Waals surface area contributed by atoms with Crippen LogP contribution in [0.4, 0.5) is 0 Å². The number of hydrogen-bond acceptors (Lipinski definition) is 2. The second-order valence-electron chi connectivity index (χ2n) is 3.53. The van der Waals surface area contributed by atoms with Gasteiger partial charge in [0.25, 0.3) is 0 Å². The van der Waals surface area contributed by atoms with Crippen molar-refractivity contribution in [1.82, 2.24) is 9.78 Å². The van der Waals surface area contributed by atoms with E-state index in [2.05, 4.69) is 11.2 Å². The molecule has 0 aromatic carbocycles. The van der Waals surface area contributed by atoms with E-state index in [9.17, 15) is 0 Å².